The summed E-state index contributed by atoms with van der Waals surface area (Å²) in [6.07, 6.45) is 4.46. The van der Waals surface area contributed by atoms with Gasteiger partial charge in [-0.3, -0.25) is 14.5 Å². The smallest absolute Gasteiger partial charge is 0.261 e. The van der Waals surface area contributed by atoms with Crippen LogP contribution >= 0.6 is 0 Å². The highest BCUT2D eigenvalue weighted by atomic mass is 32.2. The van der Waals surface area contributed by atoms with E-state index in [4.69, 9.17) is 4.74 Å². The zero-order valence-corrected chi connectivity index (χ0v) is 14.6. The summed E-state index contributed by atoms with van der Waals surface area (Å²) in [6, 6.07) is 12.3. The van der Waals surface area contributed by atoms with E-state index in [1.54, 1.807) is 24.3 Å². The van der Waals surface area contributed by atoms with Gasteiger partial charge in [0, 0.05) is 24.0 Å². The predicted molar refractivity (Wildman–Crippen MR) is 95.8 cm³/mol. The molecule has 132 valence electrons. The van der Waals surface area contributed by atoms with Crippen molar-refractivity contribution in [2.24, 2.45) is 0 Å². The van der Waals surface area contributed by atoms with Crippen LogP contribution in [-0.4, -0.2) is 24.2 Å². The summed E-state index contributed by atoms with van der Waals surface area (Å²) in [5.74, 6) is 0.492. The fraction of sp³-hybridized carbons (Fsp3) is 0.0556. The highest BCUT2D eigenvalue weighted by molar-refractivity contribution is 7.92. The first kappa shape index (κ1) is 17.6. The van der Waals surface area contributed by atoms with Gasteiger partial charge in [-0.2, -0.15) is 0 Å². The zero-order chi connectivity index (χ0) is 18.6. The molecular formula is C18H15N3O4S. The second-order valence-electron chi connectivity index (χ2n) is 5.36. The topological polar surface area (TPSA) is 98.2 Å². The molecule has 0 aliphatic carbocycles. The van der Waals surface area contributed by atoms with Crippen molar-refractivity contribution in [1.29, 1.82) is 0 Å². The molecule has 0 saturated carbocycles. The number of nitrogens with one attached hydrogen (secondary N) is 1. The third-order valence-electron chi connectivity index (χ3n) is 3.40. The third-order valence-corrected chi connectivity index (χ3v) is 4.78. The number of ketones is 1. The molecule has 0 spiro atoms. The number of ether oxygens (including phenoxy) is 1. The van der Waals surface area contributed by atoms with Gasteiger partial charge in [0.05, 0.1) is 16.8 Å². The molecule has 0 saturated heterocycles. The van der Waals surface area contributed by atoms with Crippen molar-refractivity contribution in [1.82, 2.24) is 9.97 Å². The lowest BCUT2D eigenvalue weighted by Gasteiger charge is -2.10. The molecule has 3 rings (SSSR count). The molecule has 0 aliphatic rings. The molecule has 0 amide bonds. The molecule has 0 aliphatic heterocycles. The van der Waals surface area contributed by atoms with Crippen LogP contribution in [-0.2, 0) is 10.0 Å². The Kier molecular flexibility index (Phi) is 4.94. The maximum atomic E-state index is 12.6. The molecule has 0 bridgehead atoms. The van der Waals surface area contributed by atoms with E-state index in [0.717, 1.165) is 0 Å². The van der Waals surface area contributed by atoms with Crippen LogP contribution in [0.1, 0.15) is 17.3 Å². The molecule has 0 radical (unpaired) electrons. The highest BCUT2D eigenvalue weighted by Gasteiger charge is 2.16. The van der Waals surface area contributed by atoms with Gasteiger partial charge >= 0.3 is 0 Å². The van der Waals surface area contributed by atoms with Gasteiger partial charge in [-0.15, -0.1) is 0 Å². The summed E-state index contributed by atoms with van der Waals surface area (Å²) >= 11 is 0. The first-order valence-electron chi connectivity index (χ1n) is 7.62. The van der Waals surface area contributed by atoms with Gasteiger partial charge in [0.2, 0.25) is 5.88 Å². The number of carbonyl (C=O) groups is 1. The second-order valence-corrected chi connectivity index (χ2v) is 7.05. The molecule has 2 aromatic carbocycles. The Morgan fingerprint density at radius 2 is 1.88 bits per heavy atom. The quantitative estimate of drug-likeness (QED) is 0.670. The van der Waals surface area contributed by atoms with Crippen LogP contribution in [0.15, 0.2) is 72.0 Å². The number of carbonyl (C=O) groups excluding carboxylic acids is 1. The van der Waals surface area contributed by atoms with Gasteiger partial charge in [-0.1, -0.05) is 18.2 Å². The summed E-state index contributed by atoms with van der Waals surface area (Å²) in [6.45, 7) is 1.38. The molecule has 1 heterocycles. The minimum Gasteiger partial charge on any atom is -0.437 e. The maximum Gasteiger partial charge on any atom is 0.261 e. The second kappa shape index (κ2) is 7.32. The minimum atomic E-state index is -3.84. The molecule has 0 unspecified atom stereocenters. The average Bonchev–Trinajstić information content (AvgIpc) is 2.62. The number of sulfonamides is 1. The number of nitrogens with zero attached hydrogens (tertiary/aromatic N) is 2. The van der Waals surface area contributed by atoms with Gasteiger partial charge in [0.15, 0.2) is 5.78 Å². The lowest BCUT2D eigenvalue weighted by atomic mass is 10.2. The number of hydrogen-bond donors (Lipinski definition) is 1. The number of aromatic nitrogens is 2. The SMILES string of the molecule is CC(=O)c1cccc(S(=O)(=O)Nc2cccc(Oc3cnccn3)c2)c1. The number of anilines is 1. The molecule has 1 aromatic heterocycles. The van der Waals surface area contributed by atoms with E-state index in [1.807, 2.05) is 0 Å². The largest absolute Gasteiger partial charge is 0.437 e. The lowest BCUT2D eigenvalue weighted by Crippen LogP contribution is -2.13. The number of benzene rings is 2. The Bertz CT molecular complexity index is 1040. The molecule has 0 atom stereocenters. The summed E-state index contributed by atoms with van der Waals surface area (Å²) in [4.78, 5) is 19.4. The normalized spacial score (nSPS) is 11.0. The van der Waals surface area contributed by atoms with Crippen molar-refractivity contribution >= 4 is 21.5 Å². The molecule has 26 heavy (non-hydrogen) atoms. The fourth-order valence-corrected chi connectivity index (χ4v) is 3.27. The van der Waals surface area contributed by atoms with Gasteiger partial charge in [-0.25, -0.2) is 13.4 Å². The first-order chi connectivity index (χ1) is 12.4. The van der Waals surface area contributed by atoms with Crippen molar-refractivity contribution in [3.05, 3.63) is 72.7 Å². The number of hydrogen-bond acceptors (Lipinski definition) is 6. The Morgan fingerprint density at radius 1 is 1.08 bits per heavy atom. The monoisotopic (exact) mass is 369 g/mol. The molecular weight excluding hydrogens is 354 g/mol. The maximum absolute atomic E-state index is 12.6. The highest BCUT2D eigenvalue weighted by Crippen LogP contribution is 2.24. The van der Waals surface area contributed by atoms with Crippen LogP contribution in [0.2, 0.25) is 0 Å². The van der Waals surface area contributed by atoms with Crippen molar-refractivity contribution < 1.29 is 17.9 Å². The summed E-state index contributed by atoms with van der Waals surface area (Å²) < 4.78 is 33.1. The van der Waals surface area contributed by atoms with Crippen LogP contribution in [0.3, 0.4) is 0 Å². The lowest BCUT2D eigenvalue weighted by molar-refractivity contribution is 0.101. The van der Waals surface area contributed by atoms with Gasteiger partial charge in [-0.05, 0) is 31.2 Å². The predicted octanol–water partition coefficient (Wildman–Crippen LogP) is 3.27. The number of rotatable bonds is 6. The summed E-state index contributed by atoms with van der Waals surface area (Å²) in [5, 5.41) is 0. The van der Waals surface area contributed by atoms with Crippen molar-refractivity contribution in [3.8, 4) is 11.6 Å². The van der Waals surface area contributed by atoms with E-state index in [2.05, 4.69) is 14.7 Å². The Balaban J connectivity index is 1.83. The summed E-state index contributed by atoms with van der Waals surface area (Å²) in [7, 11) is -3.84. The molecule has 1 N–H and O–H groups in total. The van der Waals surface area contributed by atoms with Crippen molar-refractivity contribution in [3.63, 3.8) is 0 Å². The average molecular weight is 369 g/mol. The zero-order valence-electron chi connectivity index (χ0n) is 13.8. The van der Waals surface area contributed by atoms with Gasteiger partial charge in [0.25, 0.3) is 10.0 Å². The van der Waals surface area contributed by atoms with Crippen LogP contribution < -0.4 is 9.46 Å². The van der Waals surface area contributed by atoms with E-state index < -0.39 is 10.0 Å². The molecule has 0 fully saturated rings. The summed E-state index contributed by atoms with van der Waals surface area (Å²) in [5.41, 5.74) is 0.646. The van der Waals surface area contributed by atoms with Crippen LogP contribution in [0, 0.1) is 0 Å². The third kappa shape index (κ3) is 4.22. The van der Waals surface area contributed by atoms with Crippen molar-refractivity contribution in [2.45, 2.75) is 11.8 Å². The van der Waals surface area contributed by atoms with Crippen LogP contribution in [0.4, 0.5) is 5.69 Å². The molecule has 7 nitrogen and oxygen atoms in total. The Labute approximate surface area is 150 Å². The first-order valence-corrected chi connectivity index (χ1v) is 9.10. The standard InChI is InChI=1S/C18H15N3O4S/c1-13(22)14-4-2-7-17(10-14)26(23,24)21-15-5-3-6-16(11-15)25-18-12-19-8-9-20-18/h2-12,21H,1H3. The van der Waals surface area contributed by atoms with E-state index in [1.165, 1.54) is 49.8 Å². The minimum absolute atomic E-state index is 0.00504. The number of Topliss-reactive ketones (excluding diaryl/α,β-unsaturated/α-hetero) is 1. The molecule has 8 heteroatoms. The van der Waals surface area contributed by atoms with Crippen LogP contribution in [0.25, 0.3) is 0 Å². The van der Waals surface area contributed by atoms with E-state index >= 15 is 0 Å². The molecule has 3 aromatic rings. The van der Waals surface area contributed by atoms with E-state index in [-0.39, 0.29) is 10.7 Å². The van der Waals surface area contributed by atoms with Gasteiger partial charge in [0.1, 0.15) is 5.75 Å². The Morgan fingerprint density at radius 3 is 2.62 bits per heavy atom. The van der Waals surface area contributed by atoms with Gasteiger partial charge < -0.3 is 4.74 Å². The van der Waals surface area contributed by atoms with Crippen LogP contribution in [0.5, 0.6) is 11.6 Å². The fourth-order valence-electron chi connectivity index (χ4n) is 2.18. The van der Waals surface area contributed by atoms with Crippen molar-refractivity contribution in [2.75, 3.05) is 4.72 Å². The Hall–Kier alpha value is -3.26. The van der Waals surface area contributed by atoms with E-state index in [0.29, 0.717) is 22.9 Å². The van der Waals surface area contributed by atoms with E-state index in [9.17, 15) is 13.2 Å².